The van der Waals surface area contributed by atoms with Crippen molar-refractivity contribution in [2.75, 3.05) is 6.61 Å². The molecule has 16 N–H and O–H groups in total. The number of carbonyl (C=O) groups excluding carboxylic acids is 5. The van der Waals surface area contributed by atoms with Crippen molar-refractivity contribution >= 4 is 35.8 Å². The number of ether oxygens (including phenoxy) is 5. The zero-order valence-electron chi connectivity index (χ0n) is 33.5. The van der Waals surface area contributed by atoms with Gasteiger partial charge in [-0.3, -0.25) is 4.79 Å². The summed E-state index contributed by atoms with van der Waals surface area (Å²) in [6, 6.07) is 0.980. The molecule has 6 bridgehead atoms. The molecule has 0 saturated heterocycles. The number of rotatable bonds is 1. The zero-order valence-corrected chi connectivity index (χ0v) is 33.5. The molecule has 5 atom stereocenters. The minimum atomic E-state index is -2.93. The number of carboxylic acid groups (broad SMARTS) is 1. The fourth-order valence-corrected chi connectivity index (χ4v) is 8.68. The molecule has 0 fully saturated rings. The predicted octanol–water partition coefficient (Wildman–Crippen LogP) is 1.45. The van der Waals surface area contributed by atoms with Crippen molar-refractivity contribution in [3.63, 3.8) is 0 Å². The molecule has 27 heteroatoms. The van der Waals surface area contributed by atoms with E-state index >= 15 is 4.79 Å². The van der Waals surface area contributed by atoms with Gasteiger partial charge in [-0.15, -0.1) is 0 Å². The molecule has 5 aromatic carbocycles. The highest BCUT2D eigenvalue weighted by molar-refractivity contribution is 6.17. The Morgan fingerprint density at radius 1 is 0.377 bits per heavy atom. The Morgan fingerprint density at radius 2 is 0.739 bits per heavy atom. The molecule has 5 aliphatic heterocycles. The molecule has 0 spiro atoms. The van der Waals surface area contributed by atoms with E-state index in [4.69, 9.17) is 23.7 Å². The summed E-state index contributed by atoms with van der Waals surface area (Å²) in [5.41, 5.74) is -15.7. The van der Waals surface area contributed by atoms with Crippen molar-refractivity contribution in [2.24, 2.45) is 0 Å². The highest BCUT2D eigenvalue weighted by Gasteiger charge is 2.57. The maximum Gasteiger partial charge on any atom is 0.340 e. The minimum Gasteiger partial charge on any atom is -0.504 e. The van der Waals surface area contributed by atoms with Crippen molar-refractivity contribution in [3.8, 4) is 120 Å². The summed E-state index contributed by atoms with van der Waals surface area (Å²) in [6.07, 6.45) is -11.3. The van der Waals surface area contributed by atoms with Crippen molar-refractivity contribution < 1.29 is 134 Å². The first kappa shape index (κ1) is 44.1. The third-order valence-electron chi connectivity index (χ3n) is 11.7. The van der Waals surface area contributed by atoms with E-state index in [1.54, 1.807) is 0 Å². The van der Waals surface area contributed by atoms with Gasteiger partial charge in [-0.25, -0.2) is 24.0 Å². The van der Waals surface area contributed by atoms with Gasteiger partial charge in [-0.1, -0.05) is 0 Å². The molecule has 5 aromatic rings. The van der Waals surface area contributed by atoms with Gasteiger partial charge in [-0.2, -0.15) is 0 Å². The number of phenols is 15. The summed E-state index contributed by atoms with van der Waals surface area (Å²) in [7, 11) is 0. The van der Waals surface area contributed by atoms with Crippen molar-refractivity contribution in [1.29, 1.82) is 0 Å². The van der Waals surface area contributed by atoms with E-state index in [1.807, 2.05) is 0 Å². The Bertz CT molecular complexity index is 3300. The zero-order chi connectivity index (χ0) is 50.3. The molecule has 5 aliphatic rings. The second-order valence-electron chi connectivity index (χ2n) is 15.4. The first-order valence-corrected chi connectivity index (χ1v) is 19.1. The molecule has 0 aliphatic carbocycles. The first-order valence-electron chi connectivity index (χ1n) is 19.1. The number of hydrogen-bond acceptors (Lipinski definition) is 26. The SMILES string of the molecule is O=C1OC[C@H]2OC(=O)c3cc(O)c(O)c(O)c3-c3c(O)c(O)c(O)c4c3C(=O)O[C@H]([C@@H]3OC(=O)c5c-4c(O)c(O)c(O)c5[C@H]3C(=O)O)[C@@H]2OC(=O)c2cc(O)c(O)c(O)c2-c2c1cc(O)c(O)c2O. The molecule has 27 nitrogen and oxygen atoms in total. The van der Waals surface area contributed by atoms with Crippen LogP contribution in [-0.2, 0) is 28.5 Å². The Balaban J connectivity index is 1.46. The van der Waals surface area contributed by atoms with Crippen LogP contribution in [0.15, 0.2) is 18.2 Å². The molecule has 0 unspecified atom stereocenters. The quantitative estimate of drug-likeness (QED) is 0.0642. The maximum absolute atomic E-state index is 15.1. The topological polar surface area (TPSA) is 472 Å². The molecule has 0 aromatic heterocycles. The Morgan fingerprint density at radius 3 is 1.23 bits per heavy atom. The predicted molar refractivity (Wildman–Crippen MR) is 212 cm³/mol. The second kappa shape index (κ2) is 14.7. The standard InChI is InChI=1S/C42H26O27/c43-8-1-5-12(25(49)22(8)46)13-6(2-9(44)23(47)26(13)50)40(62)67-34-11(4-65-38(5)60)66-39(61)7-3-10(45)24(48)27(51)14(7)15-19-16(29(53)32(56)28(15)52)17-20-18(31(55)33(57)30(17)54)21(37(58)59)35(68-41(20)63)36(34)69-42(19)64/h1-3,11,21,34-36,43-57H,4H2,(H,58,59)/t11-,21-,34-,35-,36+/m1/s1. The summed E-state index contributed by atoms with van der Waals surface area (Å²) >= 11 is 0. The van der Waals surface area contributed by atoms with Gasteiger partial charge in [0.15, 0.2) is 81.9 Å². The molecular weight excluding hydrogens is 936 g/mol. The maximum atomic E-state index is 15.1. The normalized spacial score (nSPS) is 20.2. The van der Waals surface area contributed by atoms with E-state index < -0.39 is 226 Å². The van der Waals surface area contributed by atoms with Crippen LogP contribution in [0.5, 0.6) is 86.2 Å². The van der Waals surface area contributed by atoms with Gasteiger partial charge in [-0.05, 0) is 18.2 Å². The summed E-state index contributed by atoms with van der Waals surface area (Å²) in [5, 5.41) is 176. The summed E-state index contributed by atoms with van der Waals surface area (Å²) in [5.74, 6) is -38.1. The van der Waals surface area contributed by atoms with E-state index in [0.717, 1.165) is 0 Å². The average molecular weight is 963 g/mol. The molecule has 356 valence electrons. The van der Waals surface area contributed by atoms with Crippen LogP contribution >= 0.6 is 0 Å². The van der Waals surface area contributed by atoms with Gasteiger partial charge in [0.25, 0.3) is 0 Å². The Hall–Kier alpha value is -10.1. The van der Waals surface area contributed by atoms with E-state index in [-0.39, 0.29) is 0 Å². The van der Waals surface area contributed by atoms with Gasteiger partial charge in [0.05, 0.1) is 27.8 Å². The van der Waals surface area contributed by atoms with E-state index in [9.17, 15) is 106 Å². The number of cyclic esters (lactones) is 1. The average Bonchev–Trinajstić information content (AvgIpc) is 3.32. The second-order valence-corrected chi connectivity index (χ2v) is 15.4. The van der Waals surface area contributed by atoms with Crippen LogP contribution in [0.2, 0.25) is 0 Å². The number of aliphatic carboxylic acids is 1. The Kier molecular flexibility index (Phi) is 9.41. The fraction of sp³-hybridized carbons (Fsp3) is 0.143. The number of aromatic hydroxyl groups is 15. The van der Waals surface area contributed by atoms with Crippen molar-refractivity contribution in [3.05, 3.63) is 51.6 Å². The van der Waals surface area contributed by atoms with E-state index in [0.29, 0.717) is 18.2 Å². The van der Waals surface area contributed by atoms with Crippen LogP contribution in [0, 0.1) is 0 Å². The lowest BCUT2D eigenvalue weighted by Crippen LogP contribution is -2.57. The van der Waals surface area contributed by atoms with Gasteiger partial charge in [0.2, 0.25) is 28.7 Å². The number of fused-ring (bicyclic) bond motifs is 7. The van der Waals surface area contributed by atoms with Crippen molar-refractivity contribution in [2.45, 2.75) is 30.3 Å². The minimum absolute atomic E-state index is 0.292. The summed E-state index contributed by atoms with van der Waals surface area (Å²) in [6.45, 7) is -1.58. The lowest BCUT2D eigenvalue weighted by atomic mass is 9.77. The van der Waals surface area contributed by atoms with Gasteiger partial charge in [0, 0.05) is 38.9 Å². The number of hydrogen-bond donors (Lipinski definition) is 16. The third-order valence-corrected chi connectivity index (χ3v) is 11.7. The fourth-order valence-electron chi connectivity index (χ4n) is 8.68. The highest BCUT2D eigenvalue weighted by Crippen LogP contribution is 2.62. The molecule has 69 heavy (non-hydrogen) atoms. The van der Waals surface area contributed by atoms with Crippen LogP contribution < -0.4 is 0 Å². The van der Waals surface area contributed by atoms with Crippen LogP contribution in [0.3, 0.4) is 0 Å². The summed E-state index contributed by atoms with van der Waals surface area (Å²) < 4.78 is 27.8. The number of carbonyl (C=O) groups is 6. The smallest absolute Gasteiger partial charge is 0.340 e. The van der Waals surface area contributed by atoms with Crippen LogP contribution in [0.25, 0.3) is 33.4 Å². The Labute approximate surface area is 377 Å². The van der Waals surface area contributed by atoms with Gasteiger partial charge < -0.3 is 105 Å². The molecular formula is C42H26O27. The number of phenolic OH excluding ortho intramolecular Hbond substituents is 15. The van der Waals surface area contributed by atoms with Gasteiger partial charge >= 0.3 is 35.8 Å². The van der Waals surface area contributed by atoms with Crippen LogP contribution in [0.1, 0.15) is 63.3 Å². The summed E-state index contributed by atoms with van der Waals surface area (Å²) in [4.78, 5) is 86.2. The van der Waals surface area contributed by atoms with Crippen LogP contribution in [-0.4, -0.2) is 149 Å². The third kappa shape index (κ3) is 5.92. The number of carboxylic acids is 1. The lowest BCUT2D eigenvalue weighted by Gasteiger charge is -2.41. The molecule has 0 saturated carbocycles. The number of benzene rings is 5. The lowest BCUT2D eigenvalue weighted by molar-refractivity contribution is -0.156. The van der Waals surface area contributed by atoms with Crippen LogP contribution in [0.4, 0.5) is 0 Å². The molecule has 0 radical (unpaired) electrons. The number of esters is 5. The first-order chi connectivity index (χ1) is 32.4. The van der Waals surface area contributed by atoms with E-state index in [2.05, 4.69) is 0 Å². The molecule has 10 rings (SSSR count). The van der Waals surface area contributed by atoms with E-state index in [1.165, 1.54) is 0 Å². The highest BCUT2D eigenvalue weighted by atomic mass is 16.6. The monoisotopic (exact) mass is 962 g/mol. The van der Waals surface area contributed by atoms with Crippen molar-refractivity contribution in [1.82, 2.24) is 0 Å². The largest absolute Gasteiger partial charge is 0.504 e. The molecule has 0 amide bonds. The van der Waals surface area contributed by atoms with Gasteiger partial charge in [0.1, 0.15) is 12.5 Å². The molecule has 5 heterocycles.